The van der Waals surface area contributed by atoms with Gasteiger partial charge in [-0.15, -0.1) is 0 Å². The molecule has 1 aromatic heterocycles. The number of methoxy groups -OCH3 is 1. The first-order valence-corrected chi connectivity index (χ1v) is 11.0. The van der Waals surface area contributed by atoms with E-state index < -0.39 is 10.0 Å². The molecule has 2 heterocycles. The van der Waals surface area contributed by atoms with E-state index in [4.69, 9.17) is 16.3 Å². The third kappa shape index (κ3) is 3.50. The smallest absolute Gasteiger partial charge is 0.244 e. The fourth-order valence-corrected chi connectivity index (χ4v) is 5.68. The van der Waals surface area contributed by atoms with Crippen LogP contribution in [0.1, 0.15) is 30.1 Å². The van der Waals surface area contributed by atoms with Crippen molar-refractivity contribution in [2.24, 2.45) is 0 Å². The molecule has 0 spiro atoms. The molecule has 0 radical (unpaired) electrons. The number of nitrogens with zero attached hydrogens (tertiary/aromatic N) is 2. The van der Waals surface area contributed by atoms with E-state index in [0.717, 1.165) is 35.3 Å². The SMILES string of the molecule is COc1ccc(Cl)c(S(=O)(=O)N2CCC[C@@H](c3nc4ccc(C)cc4[nH]3)C2)c1. The fourth-order valence-electron chi connectivity index (χ4n) is 3.67. The Kier molecular flexibility index (Phi) is 5.07. The summed E-state index contributed by atoms with van der Waals surface area (Å²) < 4.78 is 33.1. The fraction of sp³-hybridized carbons (Fsp3) is 0.350. The molecule has 4 rings (SSSR count). The molecule has 0 amide bonds. The highest BCUT2D eigenvalue weighted by Crippen LogP contribution is 2.33. The number of H-pyrrole nitrogens is 1. The molecule has 8 heteroatoms. The van der Waals surface area contributed by atoms with Gasteiger partial charge in [0, 0.05) is 25.1 Å². The molecule has 6 nitrogen and oxygen atoms in total. The van der Waals surface area contributed by atoms with Gasteiger partial charge in [0.1, 0.15) is 16.5 Å². The Balaban J connectivity index is 1.64. The number of hydrogen-bond acceptors (Lipinski definition) is 4. The highest BCUT2D eigenvalue weighted by molar-refractivity contribution is 7.89. The molecule has 1 aliphatic rings. The zero-order chi connectivity index (χ0) is 19.9. The summed E-state index contributed by atoms with van der Waals surface area (Å²) in [6.45, 7) is 2.87. The van der Waals surface area contributed by atoms with Crippen LogP contribution in [0.2, 0.25) is 5.02 Å². The minimum Gasteiger partial charge on any atom is -0.497 e. The van der Waals surface area contributed by atoms with Crippen molar-refractivity contribution in [3.63, 3.8) is 0 Å². The van der Waals surface area contributed by atoms with Gasteiger partial charge < -0.3 is 9.72 Å². The number of ether oxygens (including phenoxy) is 1. The monoisotopic (exact) mass is 419 g/mol. The van der Waals surface area contributed by atoms with Gasteiger partial charge in [-0.2, -0.15) is 4.31 Å². The van der Waals surface area contributed by atoms with E-state index in [1.165, 1.54) is 17.5 Å². The van der Waals surface area contributed by atoms with E-state index in [1.54, 1.807) is 12.1 Å². The van der Waals surface area contributed by atoms with Gasteiger partial charge in [0.05, 0.1) is 23.2 Å². The second-order valence-corrected chi connectivity index (χ2v) is 9.45. The third-order valence-corrected chi connectivity index (χ3v) is 7.53. The number of aryl methyl sites for hydroxylation is 1. The zero-order valence-corrected chi connectivity index (χ0v) is 17.3. The first kappa shape index (κ1) is 19.2. The maximum Gasteiger partial charge on any atom is 0.244 e. The predicted molar refractivity (Wildman–Crippen MR) is 110 cm³/mol. The van der Waals surface area contributed by atoms with Crippen molar-refractivity contribution in [1.82, 2.24) is 14.3 Å². The standard InChI is InChI=1S/C20H22ClN3O3S/c1-13-5-8-17-18(10-13)23-20(22-17)14-4-3-9-24(12-14)28(25,26)19-11-15(27-2)6-7-16(19)21/h5-8,10-11,14H,3-4,9,12H2,1-2H3,(H,22,23)/t14-/m1/s1. The lowest BCUT2D eigenvalue weighted by Gasteiger charge is -2.31. The van der Waals surface area contributed by atoms with E-state index in [1.807, 2.05) is 19.1 Å². The Morgan fingerprint density at radius 3 is 2.86 bits per heavy atom. The summed E-state index contributed by atoms with van der Waals surface area (Å²) in [5, 5.41) is 0.196. The third-order valence-electron chi connectivity index (χ3n) is 5.18. The van der Waals surface area contributed by atoms with Gasteiger partial charge in [0.25, 0.3) is 0 Å². The number of aromatic nitrogens is 2. The van der Waals surface area contributed by atoms with Crippen molar-refractivity contribution < 1.29 is 13.2 Å². The summed E-state index contributed by atoms with van der Waals surface area (Å²) in [7, 11) is -2.22. The number of aromatic amines is 1. The molecule has 148 valence electrons. The van der Waals surface area contributed by atoms with Crippen LogP contribution in [0.5, 0.6) is 5.75 Å². The van der Waals surface area contributed by atoms with E-state index >= 15 is 0 Å². The topological polar surface area (TPSA) is 75.3 Å². The van der Waals surface area contributed by atoms with Crippen molar-refractivity contribution in [2.45, 2.75) is 30.6 Å². The minimum atomic E-state index is -3.72. The second kappa shape index (κ2) is 7.39. The number of nitrogens with one attached hydrogen (secondary N) is 1. The van der Waals surface area contributed by atoms with Crippen molar-refractivity contribution in [2.75, 3.05) is 20.2 Å². The molecule has 3 aromatic rings. The van der Waals surface area contributed by atoms with Gasteiger partial charge in [-0.1, -0.05) is 17.7 Å². The van der Waals surface area contributed by atoms with Crippen LogP contribution in [-0.4, -0.2) is 42.9 Å². The van der Waals surface area contributed by atoms with Gasteiger partial charge in [0.2, 0.25) is 10.0 Å². The highest BCUT2D eigenvalue weighted by atomic mass is 35.5. The number of piperidine rings is 1. The second-order valence-electron chi connectivity index (χ2n) is 7.14. The molecule has 1 atom stereocenters. The molecule has 0 saturated carbocycles. The number of hydrogen-bond donors (Lipinski definition) is 1. The van der Waals surface area contributed by atoms with Crippen LogP contribution in [0.3, 0.4) is 0 Å². The highest BCUT2D eigenvalue weighted by Gasteiger charge is 2.33. The summed E-state index contributed by atoms with van der Waals surface area (Å²) in [6, 6.07) is 10.7. The van der Waals surface area contributed by atoms with Crippen LogP contribution in [-0.2, 0) is 10.0 Å². The average Bonchev–Trinajstić information content (AvgIpc) is 3.11. The lowest BCUT2D eigenvalue weighted by Crippen LogP contribution is -2.39. The quantitative estimate of drug-likeness (QED) is 0.690. The molecular weight excluding hydrogens is 398 g/mol. The minimum absolute atomic E-state index is 0.0145. The lowest BCUT2D eigenvalue weighted by atomic mass is 9.99. The summed E-state index contributed by atoms with van der Waals surface area (Å²) in [6.07, 6.45) is 1.65. The van der Waals surface area contributed by atoms with Crippen molar-refractivity contribution in [3.8, 4) is 5.75 Å². The Morgan fingerprint density at radius 1 is 1.25 bits per heavy atom. The number of sulfonamides is 1. The van der Waals surface area contributed by atoms with Crippen molar-refractivity contribution >= 4 is 32.7 Å². The number of fused-ring (bicyclic) bond motifs is 1. The Hall–Kier alpha value is -2.09. The van der Waals surface area contributed by atoms with E-state index in [0.29, 0.717) is 18.8 Å². The number of halogens is 1. The zero-order valence-electron chi connectivity index (χ0n) is 15.8. The van der Waals surface area contributed by atoms with Crippen LogP contribution < -0.4 is 4.74 Å². The lowest BCUT2D eigenvalue weighted by molar-refractivity contribution is 0.310. The molecular formula is C20H22ClN3O3S. The van der Waals surface area contributed by atoms with Crippen LogP contribution in [0.15, 0.2) is 41.3 Å². The summed E-state index contributed by atoms with van der Waals surface area (Å²) in [5.41, 5.74) is 3.03. The Bertz CT molecular complexity index is 1130. The maximum absolute atomic E-state index is 13.2. The molecule has 1 N–H and O–H groups in total. The molecule has 1 aliphatic heterocycles. The normalized spacial score (nSPS) is 18.5. The summed E-state index contributed by atoms with van der Waals surface area (Å²) in [5.74, 6) is 1.31. The number of rotatable bonds is 4. The molecule has 2 aromatic carbocycles. The maximum atomic E-state index is 13.2. The number of imidazole rings is 1. The molecule has 0 bridgehead atoms. The van der Waals surface area contributed by atoms with E-state index in [-0.39, 0.29) is 15.8 Å². The first-order valence-electron chi connectivity index (χ1n) is 9.18. The molecule has 1 fully saturated rings. The molecule has 28 heavy (non-hydrogen) atoms. The van der Waals surface area contributed by atoms with Crippen molar-refractivity contribution in [3.05, 3.63) is 52.8 Å². The first-order chi connectivity index (χ1) is 13.4. The van der Waals surface area contributed by atoms with E-state index in [9.17, 15) is 8.42 Å². The summed E-state index contributed by atoms with van der Waals surface area (Å²) >= 11 is 6.20. The van der Waals surface area contributed by atoms with Gasteiger partial charge in [-0.3, -0.25) is 0 Å². The summed E-state index contributed by atoms with van der Waals surface area (Å²) in [4.78, 5) is 8.14. The molecule has 0 aliphatic carbocycles. The van der Waals surface area contributed by atoms with Crippen molar-refractivity contribution in [1.29, 1.82) is 0 Å². The largest absolute Gasteiger partial charge is 0.497 e. The van der Waals surface area contributed by atoms with Crippen LogP contribution in [0, 0.1) is 6.92 Å². The van der Waals surface area contributed by atoms with Gasteiger partial charge in [-0.25, -0.2) is 13.4 Å². The van der Waals surface area contributed by atoms with Gasteiger partial charge in [-0.05, 0) is 49.6 Å². The van der Waals surface area contributed by atoms with Crippen LogP contribution in [0.25, 0.3) is 11.0 Å². The van der Waals surface area contributed by atoms with E-state index in [2.05, 4.69) is 16.0 Å². The number of benzene rings is 2. The Labute approximate surface area is 169 Å². The van der Waals surface area contributed by atoms with Gasteiger partial charge >= 0.3 is 0 Å². The van der Waals surface area contributed by atoms with Crippen LogP contribution >= 0.6 is 11.6 Å². The van der Waals surface area contributed by atoms with Crippen LogP contribution in [0.4, 0.5) is 0 Å². The Morgan fingerprint density at radius 2 is 2.07 bits per heavy atom. The molecule has 0 unspecified atom stereocenters. The average molecular weight is 420 g/mol. The predicted octanol–water partition coefficient (Wildman–Crippen LogP) is 4.10. The van der Waals surface area contributed by atoms with Gasteiger partial charge in [0.15, 0.2) is 0 Å². The molecule has 1 saturated heterocycles.